The van der Waals surface area contributed by atoms with Crippen LogP contribution in [0.2, 0.25) is 0 Å². The second-order valence-electron chi connectivity index (χ2n) is 18.0. The molecule has 0 aliphatic heterocycles. The van der Waals surface area contributed by atoms with Gasteiger partial charge in [-0.3, -0.25) is 29.9 Å². The molecule has 6 heterocycles. The van der Waals surface area contributed by atoms with Crippen molar-refractivity contribution in [3.63, 3.8) is 0 Å². The van der Waals surface area contributed by atoms with Crippen molar-refractivity contribution in [2.24, 2.45) is 0 Å². The lowest BCUT2D eigenvalue weighted by atomic mass is 9.94. The lowest BCUT2D eigenvalue weighted by Crippen LogP contribution is -2.11. The van der Waals surface area contributed by atoms with Crippen LogP contribution in [0.3, 0.4) is 0 Å². The standard InChI is InChI=1S/C60H48N6O9/c1-34-7-13-61-46(19-34)49-25-37(10-16-64-49)58(67)73-55-31-43-22-41-29-53(71-5)57(75-60(69)39-12-18-66-51(27-39)48-21-36(3)9-15-63-48)33-45(41)24-42-30-54(72-6)56(32-44(42)23-40(43)28-52(55)70-4)74-59(68)38-11-17-65-50(26-38)47-20-35(2)8-14-62-47/h7-21,25-33H,22-24H2,1-6H3. The van der Waals surface area contributed by atoms with E-state index in [2.05, 4.69) is 29.9 Å². The topological polar surface area (TPSA) is 184 Å². The number of fused-ring (bicyclic) bond motifs is 3. The molecule has 0 unspecified atom stereocenters. The molecule has 1 aliphatic carbocycles. The van der Waals surface area contributed by atoms with Gasteiger partial charge >= 0.3 is 17.9 Å². The molecule has 0 N–H and O–H groups in total. The number of methoxy groups -OCH3 is 3. The highest BCUT2D eigenvalue weighted by atomic mass is 16.6. The van der Waals surface area contributed by atoms with Crippen molar-refractivity contribution in [1.29, 1.82) is 0 Å². The van der Waals surface area contributed by atoms with Crippen LogP contribution in [-0.2, 0) is 19.3 Å². The molecule has 0 bridgehead atoms. The summed E-state index contributed by atoms with van der Waals surface area (Å²) in [5, 5.41) is 0. The van der Waals surface area contributed by atoms with E-state index < -0.39 is 17.9 Å². The van der Waals surface area contributed by atoms with Crippen LogP contribution in [0.1, 0.15) is 81.1 Å². The van der Waals surface area contributed by atoms with E-state index in [1.54, 1.807) is 91.8 Å². The quantitative estimate of drug-likeness (QED) is 0.0831. The van der Waals surface area contributed by atoms with Gasteiger partial charge in [0.2, 0.25) is 0 Å². The summed E-state index contributed by atoms with van der Waals surface area (Å²) in [4.78, 5) is 68.7. The number of rotatable bonds is 12. The van der Waals surface area contributed by atoms with Crippen molar-refractivity contribution in [2.75, 3.05) is 21.3 Å². The third-order valence-electron chi connectivity index (χ3n) is 12.7. The minimum absolute atomic E-state index is 0.186. The van der Waals surface area contributed by atoms with Crippen LogP contribution in [0, 0.1) is 20.8 Å². The third kappa shape index (κ3) is 10.8. The second-order valence-corrected chi connectivity index (χ2v) is 18.0. The van der Waals surface area contributed by atoms with Crippen LogP contribution in [-0.4, -0.2) is 69.1 Å². The fourth-order valence-corrected chi connectivity index (χ4v) is 8.85. The Morgan fingerprint density at radius 1 is 0.320 bits per heavy atom. The fraction of sp³-hybridized carbons (Fsp3) is 0.150. The predicted molar refractivity (Wildman–Crippen MR) is 279 cm³/mol. The van der Waals surface area contributed by atoms with Crippen LogP contribution >= 0.6 is 0 Å². The fourth-order valence-electron chi connectivity index (χ4n) is 8.85. The van der Waals surface area contributed by atoms with Crippen molar-refractivity contribution in [1.82, 2.24) is 29.9 Å². The highest BCUT2D eigenvalue weighted by Crippen LogP contribution is 2.42. The van der Waals surface area contributed by atoms with E-state index in [9.17, 15) is 14.4 Å². The van der Waals surface area contributed by atoms with E-state index in [0.29, 0.717) is 70.7 Å². The summed E-state index contributed by atoms with van der Waals surface area (Å²) in [5.41, 5.74) is 12.0. The van der Waals surface area contributed by atoms with Gasteiger partial charge in [0, 0.05) is 37.2 Å². The highest BCUT2D eigenvalue weighted by molar-refractivity contribution is 5.94. The number of nitrogens with zero attached hydrogens (tertiary/aromatic N) is 6. The molecule has 6 aromatic heterocycles. The van der Waals surface area contributed by atoms with Gasteiger partial charge in [-0.1, -0.05) is 0 Å². The number of ether oxygens (including phenoxy) is 6. The normalized spacial score (nSPS) is 11.6. The molecule has 0 amide bonds. The summed E-state index contributed by atoms with van der Waals surface area (Å²) in [6.45, 7) is 5.87. The summed E-state index contributed by atoms with van der Waals surface area (Å²) in [6, 6.07) is 31.9. The van der Waals surface area contributed by atoms with Crippen LogP contribution in [0.4, 0.5) is 0 Å². The largest absolute Gasteiger partial charge is 0.493 e. The number of aryl methyl sites for hydroxylation is 3. The first kappa shape index (κ1) is 49.0. The van der Waals surface area contributed by atoms with Crippen molar-refractivity contribution in [3.8, 4) is 68.7 Å². The predicted octanol–water partition coefficient (Wildman–Crippen LogP) is 10.8. The van der Waals surface area contributed by atoms with Gasteiger partial charge in [0.15, 0.2) is 34.5 Å². The van der Waals surface area contributed by atoms with Gasteiger partial charge in [-0.2, -0.15) is 0 Å². The highest BCUT2D eigenvalue weighted by Gasteiger charge is 2.26. The lowest BCUT2D eigenvalue weighted by molar-refractivity contribution is 0.0720. The third-order valence-corrected chi connectivity index (χ3v) is 12.7. The molecular weight excluding hydrogens is 949 g/mol. The van der Waals surface area contributed by atoms with Gasteiger partial charge in [0.25, 0.3) is 0 Å². The zero-order chi connectivity index (χ0) is 52.2. The molecular formula is C60H48N6O9. The van der Waals surface area contributed by atoms with E-state index in [-0.39, 0.29) is 33.9 Å². The molecule has 1 aliphatic rings. The Bertz CT molecular complexity index is 3330. The Morgan fingerprint density at radius 3 is 0.787 bits per heavy atom. The molecule has 372 valence electrons. The molecule has 0 spiro atoms. The van der Waals surface area contributed by atoms with Crippen molar-refractivity contribution in [3.05, 3.63) is 213 Å². The molecule has 0 fully saturated rings. The SMILES string of the molecule is COc1cc2c(cc1OC(=O)c1ccnc(-c3cc(C)ccn3)c1)Cc1cc(OC)c(OC(=O)c3ccnc(-c4cc(C)ccn4)c3)cc1Cc1cc(OC)c(OC(=O)c3ccnc(-c4cc(C)ccn4)c3)cc1C2. The maximum Gasteiger partial charge on any atom is 0.343 e. The average Bonchev–Trinajstić information content (AvgIpc) is 3.48. The maximum absolute atomic E-state index is 14.0. The molecule has 0 atom stereocenters. The van der Waals surface area contributed by atoms with Gasteiger partial charge in [0.05, 0.1) is 72.2 Å². The van der Waals surface area contributed by atoms with E-state index in [4.69, 9.17) is 28.4 Å². The molecule has 15 nitrogen and oxygen atoms in total. The number of hydrogen-bond donors (Lipinski definition) is 0. The summed E-state index contributed by atoms with van der Waals surface area (Å²) in [6.07, 6.45) is 10.7. The number of hydrogen-bond acceptors (Lipinski definition) is 15. The van der Waals surface area contributed by atoms with E-state index in [0.717, 1.165) is 50.1 Å². The monoisotopic (exact) mass is 996 g/mol. The van der Waals surface area contributed by atoms with Gasteiger partial charge in [-0.05, 0) is 199 Å². The number of pyridine rings is 6. The summed E-state index contributed by atoms with van der Waals surface area (Å²) in [7, 11) is 4.52. The Hall–Kier alpha value is -9.63. The molecule has 0 radical (unpaired) electrons. The summed E-state index contributed by atoms with van der Waals surface area (Å²) in [5.74, 6) is -0.386. The molecule has 9 aromatic rings. The minimum atomic E-state index is -0.627. The number of carbonyl (C=O) groups is 3. The molecule has 0 saturated carbocycles. The maximum atomic E-state index is 14.0. The van der Waals surface area contributed by atoms with Gasteiger partial charge < -0.3 is 28.4 Å². The second kappa shape index (κ2) is 21.2. The molecule has 75 heavy (non-hydrogen) atoms. The molecule has 3 aromatic carbocycles. The minimum Gasteiger partial charge on any atom is -0.493 e. The zero-order valence-electron chi connectivity index (χ0n) is 41.8. The van der Waals surface area contributed by atoms with Gasteiger partial charge in [-0.25, -0.2) is 14.4 Å². The van der Waals surface area contributed by atoms with Crippen LogP contribution < -0.4 is 28.4 Å². The van der Waals surface area contributed by atoms with Crippen LogP contribution in [0.15, 0.2) is 146 Å². The lowest BCUT2D eigenvalue weighted by Gasteiger charge is -2.18. The number of benzene rings is 3. The smallest absolute Gasteiger partial charge is 0.343 e. The number of aromatic nitrogens is 6. The van der Waals surface area contributed by atoms with Crippen LogP contribution in [0.25, 0.3) is 34.2 Å². The Labute approximate surface area is 432 Å². The molecule has 10 rings (SSSR count). The Kier molecular flexibility index (Phi) is 13.9. The zero-order valence-corrected chi connectivity index (χ0v) is 41.8. The molecule has 0 saturated heterocycles. The van der Waals surface area contributed by atoms with E-state index in [1.807, 2.05) is 75.4 Å². The Morgan fingerprint density at radius 2 is 0.547 bits per heavy atom. The summed E-state index contributed by atoms with van der Waals surface area (Å²) < 4.78 is 36.2. The summed E-state index contributed by atoms with van der Waals surface area (Å²) >= 11 is 0. The first-order valence-corrected chi connectivity index (χ1v) is 23.8. The molecule has 15 heteroatoms. The average molecular weight is 997 g/mol. The number of carbonyl (C=O) groups excluding carboxylic acids is 3. The Balaban J connectivity index is 1.04. The van der Waals surface area contributed by atoms with Gasteiger partial charge in [-0.15, -0.1) is 0 Å². The first-order chi connectivity index (χ1) is 36.4. The van der Waals surface area contributed by atoms with Crippen molar-refractivity contribution >= 4 is 17.9 Å². The van der Waals surface area contributed by atoms with E-state index >= 15 is 0 Å². The first-order valence-electron chi connectivity index (χ1n) is 23.8. The van der Waals surface area contributed by atoms with Crippen molar-refractivity contribution in [2.45, 2.75) is 40.0 Å². The van der Waals surface area contributed by atoms with Crippen LogP contribution in [0.5, 0.6) is 34.5 Å². The van der Waals surface area contributed by atoms with E-state index in [1.165, 1.54) is 21.3 Å². The van der Waals surface area contributed by atoms with Gasteiger partial charge in [0.1, 0.15) is 0 Å². The number of esters is 3. The van der Waals surface area contributed by atoms with Crippen molar-refractivity contribution < 1.29 is 42.8 Å².